The minimum atomic E-state index is -0.767. The lowest BCUT2D eigenvalue weighted by Gasteiger charge is -2.41. The van der Waals surface area contributed by atoms with Crippen molar-refractivity contribution in [3.8, 4) is 0 Å². The fourth-order valence-corrected chi connectivity index (χ4v) is 3.14. The molecule has 0 aliphatic carbocycles. The summed E-state index contributed by atoms with van der Waals surface area (Å²) in [6.07, 6.45) is -1.24. The molecule has 0 radical (unpaired) electrons. The zero-order chi connectivity index (χ0) is 20.1. The molecular weight excluding hydrogens is 360 g/mol. The molecule has 152 valence electrons. The average Bonchev–Trinajstić information content (AvgIpc) is 2.53. The minimum Gasteiger partial charge on any atom is -0.496 e. The summed E-state index contributed by atoms with van der Waals surface area (Å²) in [4.78, 5) is 34.1. The van der Waals surface area contributed by atoms with Gasteiger partial charge in [-0.15, -0.1) is 0 Å². The number of hydrogen-bond acceptors (Lipinski definition) is 9. The molecule has 9 nitrogen and oxygen atoms in total. The summed E-state index contributed by atoms with van der Waals surface area (Å²) in [5.41, 5.74) is 0. The van der Waals surface area contributed by atoms with E-state index >= 15 is 0 Å². The lowest BCUT2D eigenvalue weighted by Crippen LogP contribution is -2.54. The zero-order valence-corrected chi connectivity index (χ0v) is 16.1. The number of rotatable bonds is 5. The first-order valence-corrected chi connectivity index (χ1v) is 8.82. The second-order valence-electron chi connectivity index (χ2n) is 6.57. The Morgan fingerprint density at radius 2 is 1.52 bits per heavy atom. The van der Waals surface area contributed by atoms with Crippen LogP contribution in [0, 0.1) is 0 Å². The standard InChI is InChI=1S/C18H26O9/c1-9-17(14(6-7-22-9)24-11(3)19)27-16-8-15(25-12(4)20)18(10(2)23-16)26-13(5)21/h6-7,9-10,14-18H,8H2,1-5H3/t9-,10-,14-,15-,16-,17+,18+/m0/s1. The van der Waals surface area contributed by atoms with Crippen molar-refractivity contribution in [1.82, 2.24) is 0 Å². The summed E-state index contributed by atoms with van der Waals surface area (Å²) < 4.78 is 33.0. The van der Waals surface area contributed by atoms with Gasteiger partial charge in [0, 0.05) is 27.2 Å². The Morgan fingerprint density at radius 1 is 0.889 bits per heavy atom. The Hall–Kier alpha value is -2.13. The molecule has 2 rings (SSSR count). The van der Waals surface area contributed by atoms with Crippen LogP contribution in [0.2, 0.25) is 0 Å². The van der Waals surface area contributed by atoms with Gasteiger partial charge in [0.05, 0.1) is 12.4 Å². The van der Waals surface area contributed by atoms with Crippen LogP contribution < -0.4 is 0 Å². The molecule has 2 heterocycles. The predicted molar refractivity (Wildman–Crippen MR) is 90.2 cm³/mol. The molecule has 0 unspecified atom stereocenters. The van der Waals surface area contributed by atoms with E-state index in [0.717, 1.165) is 0 Å². The SMILES string of the molecule is CC(=O)O[C@@H]1[C@H](C)O[C@@H](O[C@@H]2[C@H](C)OC=C[C@@H]2OC(C)=O)C[C@@H]1OC(C)=O. The van der Waals surface area contributed by atoms with Crippen molar-refractivity contribution in [2.24, 2.45) is 0 Å². The molecule has 1 fully saturated rings. The van der Waals surface area contributed by atoms with Crippen molar-refractivity contribution in [2.75, 3.05) is 0 Å². The van der Waals surface area contributed by atoms with Gasteiger partial charge in [-0.2, -0.15) is 0 Å². The molecule has 0 N–H and O–H groups in total. The molecule has 2 aliphatic rings. The average molecular weight is 386 g/mol. The molecule has 1 saturated heterocycles. The Labute approximate surface area is 157 Å². The van der Waals surface area contributed by atoms with E-state index < -0.39 is 60.8 Å². The second-order valence-corrected chi connectivity index (χ2v) is 6.57. The first kappa shape index (κ1) is 21.2. The summed E-state index contributed by atoms with van der Waals surface area (Å²) in [5.74, 6) is -1.44. The van der Waals surface area contributed by atoms with Crippen LogP contribution in [0.15, 0.2) is 12.3 Å². The van der Waals surface area contributed by atoms with Crippen LogP contribution in [0.1, 0.15) is 41.0 Å². The Balaban J connectivity index is 2.11. The Kier molecular flexibility index (Phi) is 7.20. The molecule has 0 amide bonds. The van der Waals surface area contributed by atoms with E-state index in [1.54, 1.807) is 19.9 Å². The molecular formula is C18H26O9. The fraction of sp³-hybridized carbons (Fsp3) is 0.722. The first-order chi connectivity index (χ1) is 12.7. The van der Waals surface area contributed by atoms with Gasteiger partial charge in [0.1, 0.15) is 18.3 Å². The van der Waals surface area contributed by atoms with Crippen LogP contribution >= 0.6 is 0 Å². The Morgan fingerprint density at radius 3 is 2.11 bits per heavy atom. The van der Waals surface area contributed by atoms with Gasteiger partial charge in [0.2, 0.25) is 0 Å². The third-order valence-electron chi connectivity index (χ3n) is 4.20. The molecule has 27 heavy (non-hydrogen) atoms. The summed E-state index contributed by atoms with van der Waals surface area (Å²) in [6, 6.07) is 0. The third-order valence-corrected chi connectivity index (χ3v) is 4.20. The second kappa shape index (κ2) is 9.18. The van der Waals surface area contributed by atoms with Gasteiger partial charge < -0.3 is 28.4 Å². The van der Waals surface area contributed by atoms with Crippen LogP contribution in [-0.2, 0) is 42.8 Å². The van der Waals surface area contributed by atoms with E-state index in [2.05, 4.69) is 0 Å². The van der Waals surface area contributed by atoms with Gasteiger partial charge in [-0.1, -0.05) is 0 Å². The molecule has 0 aromatic carbocycles. The van der Waals surface area contributed by atoms with Crippen molar-refractivity contribution in [2.45, 2.75) is 84.0 Å². The first-order valence-electron chi connectivity index (χ1n) is 8.82. The molecule has 9 heteroatoms. The van der Waals surface area contributed by atoms with E-state index in [0.29, 0.717) is 0 Å². The third kappa shape index (κ3) is 5.93. The lowest BCUT2D eigenvalue weighted by atomic mass is 10.0. The van der Waals surface area contributed by atoms with Crippen molar-refractivity contribution in [1.29, 1.82) is 0 Å². The molecule has 7 atom stereocenters. The monoisotopic (exact) mass is 386 g/mol. The summed E-state index contributed by atoms with van der Waals surface area (Å²) in [7, 11) is 0. The molecule has 2 aliphatic heterocycles. The predicted octanol–water partition coefficient (Wildman–Crippen LogP) is 1.23. The van der Waals surface area contributed by atoms with Gasteiger partial charge >= 0.3 is 17.9 Å². The van der Waals surface area contributed by atoms with Crippen molar-refractivity contribution >= 4 is 17.9 Å². The van der Waals surface area contributed by atoms with Crippen LogP contribution in [0.4, 0.5) is 0 Å². The van der Waals surface area contributed by atoms with E-state index in [4.69, 9.17) is 28.4 Å². The smallest absolute Gasteiger partial charge is 0.303 e. The highest BCUT2D eigenvalue weighted by atomic mass is 16.7. The van der Waals surface area contributed by atoms with Gasteiger partial charge in [0.25, 0.3) is 0 Å². The molecule has 0 bridgehead atoms. The highest BCUT2D eigenvalue weighted by Gasteiger charge is 2.44. The molecule has 0 spiro atoms. The summed E-state index contributed by atoms with van der Waals surface area (Å²) >= 11 is 0. The number of ether oxygens (including phenoxy) is 6. The largest absolute Gasteiger partial charge is 0.496 e. The quantitative estimate of drug-likeness (QED) is 0.509. The van der Waals surface area contributed by atoms with Crippen molar-refractivity contribution in [3.63, 3.8) is 0 Å². The van der Waals surface area contributed by atoms with Crippen molar-refractivity contribution in [3.05, 3.63) is 12.3 Å². The highest BCUT2D eigenvalue weighted by molar-refractivity contribution is 5.67. The topological polar surface area (TPSA) is 107 Å². The van der Waals surface area contributed by atoms with Gasteiger partial charge in [-0.05, 0) is 19.9 Å². The number of carbonyl (C=O) groups excluding carboxylic acids is 3. The lowest BCUT2D eigenvalue weighted by molar-refractivity contribution is -0.282. The van der Waals surface area contributed by atoms with Gasteiger partial charge in [-0.25, -0.2) is 0 Å². The summed E-state index contributed by atoms with van der Waals surface area (Å²) in [5, 5.41) is 0. The molecule has 0 aromatic rings. The van der Waals surface area contributed by atoms with E-state index in [-0.39, 0.29) is 6.42 Å². The van der Waals surface area contributed by atoms with Crippen LogP contribution in [0.5, 0.6) is 0 Å². The fourth-order valence-electron chi connectivity index (χ4n) is 3.14. The number of esters is 3. The van der Waals surface area contributed by atoms with Gasteiger partial charge in [0.15, 0.2) is 18.5 Å². The van der Waals surface area contributed by atoms with E-state index in [9.17, 15) is 14.4 Å². The molecule has 0 saturated carbocycles. The highest BCUT2D eigenvalue weighted by Crippen LogP contribution is 2.29. The molecule has 0 aromatic heterocycles. The minimum absolute atomic E-state index is 0.154. The van der Waals surface area contributed by atoms with Crippen LogP contribution in [0.25, 0.3) is 0 Å². The van der Waals surface area contributed by atoms with Crippen LogP contribution in [-0.4, -0.2) is 60.8 Å². The summed E-state index contributed by atoms with van der Waals surface area (Å²) in [6.45, 7) is 7.34. The maximum Gasteiger partial charge on any atom is 0.303 e. The van der Waals surface area contributed by atoms with E-state index in [1.165, 1.54) is 27.0 Å². The number of carbonyl (C=O) groups is 3. The van der Waals surface area contributed by atoms with Crippen molar-refractivity contribution < 1.29 is 42.8 Å². The van der Waals surface area contributed by atoms with Crippen LogP contribution in [0.3, 0.4) is 0 Å². The van der Waals surface area contributed by atoms with E-state index in [1.807, 2.05) is 0 Å². The van der Waals surface area contributed by atoms with Gasteiger partial charge in [-0.3, -0.25) is 14.4 Å². The maximum absolute atomic E-state index is 11.4. The zero-order valence-electron chi connectivity index (χ0n) is 16.1. The Bertz CT molecular complexity index is 587. The maximum atomic E-state index is 11.4. The normalized spacial score (nSPS) is 35.7. The number of hydrogen-bond donors (Lipinski definition) is 0.